The predicted octanol–water partition coefficient (Wildman–Crippen LogP) is 0.815. The fraction of sp³-hybridized carbons (Fsp3) is 0.300. The number of ketones is 1. The highest BCUT2D eigenvalue weighted by Crippen LogP contribution is 2.12. The van der Waals surface area contributed by atoms with Crippen LogP contribution in [-0.4, -0.2) is 33.7 Å². The van der Waals surface area contributed by atoms with Crippen LogP contribution in [0.5, 0.6) is 0 Å². The number of halogens is 1. The number of hydrogen-bond donors (Lipinski definition) is 0. The number of methoxy groups -OCH3 is 1. The van der Waals surface area contributed by atoms with Crippen molar-refractivity contribution in [3.8, 4) is 0 Å². The van der Waals surface area contributed by atoms with Gasteiger partial charge < -0.3 is 4.74 Å². The lowest BCUT2D eigenvalue weighted by atomic mass is 10.4. The minimum Gasteiger partial charge on any atom is -0.377 e. The van der Waals surface area contributed by atoms with E-state index in [0.717, 1.165) is 12.1 Å². The summed E-state index contributed by atoms with van der Waals surface area (Å²) in [5.41, 5.74) is 0. The van der Waals surface area contributed by atoms with Crippen molar-refractivity contribution in [2.45, 2.75) is 4.90 Å². The summed E-state index contributed by atoms with van der Waals surface area (Å²) in [6, 6.07) is 4.55. The largest absolute Gasteiger partial charge is 0.377 e. The molecule has 0 aliphatic heterocycles. The summed E-state index contributed by atoms with van der Waals surface area (Å²) in [4.78, 5) is 10.9. The van der Waals surface area contributed by atoms with Gasteiger partial charge in [0, 0.05) is 7.11 Å². The van der Waals surface area contributed by atoms with Gasteiger partial charge in [0.1, 0.15) is 18.2 Å². The van der Waals surface area contributed by atoms with Gasteiger partial charge in [-0.2, -0.15) is 0 Å². The molecule has 88 valence electrons. The molecule has 0 heterocycles. The Morgan fingerprint density at radius 1 is 1.44 bits per heavy atom. The third-order valence-corrected chi connectivity index (χ3v) is 3.49. The highest BCUT2D eigenvalue weighted by molar-refractivity contribution is 7.92. The Labute approximate surface area is 93.0 Å². The van der Waals surface area contributed by atoms with E-state index in [4.69, 9.17) is 0 Å². The molecular formula is C10H11FO4S. The van der Waals surface area contributed by atoms with Gasteiger partial charge in [0.05, 0.1) is 4.90 Å². The van der Waals surface area contributed by atoms with Crippen LogP contribution in [0.4, 0.5) is 4.39 Å². The van der Waals surface area contributed by atoms with E-state index in [1.54, 1.807) is 0 Å². The lowest BCUT2D eigenvalue weighted by molar-refractivity contribution is -0.120. The van der Waals surface area contributed by atoms with Crippen LogP contribution in [0.1, 0.15) is 0 Å². The van der Waals surface area contributed by atoms with Crippen molar-refractivity contribution < 1.29 is 22.3 Å². The van der Waals surface area contributed by atoms with Crippen LogP contribution in [0.2, 0.25) is 0 Å². The molecule has 0 saturated carbocycles. The maximum absolute atomic E-state index is 12.8. The molecule has 1 aromatic rings. The Morgan fingerprint density at radius 2 is 2.12 bits per heavy atom. The predicted molar refractivity (Wildman–Crippen MR) is 55.3 cm³/mol. The minimum atomic E-state index is -3.77. The van der Waals surface area contributed by atoms with Crippen molar-refractivity contribution in [3.63, 3.8) is 0 Å². The van der Waals surface area contributed by atoms with Gasteiger partial charge in [0.15, 0.2) is 15.6 Å². The molecule has 0 spiro atoms. The fourth-order valence-corrected chi connectivity index (χ4v) is 2.41. The Hall–Kier alpha value is -1.27. The minimum absolute atomic E-state index is 0.197. The topological polar surface area (TPSA) is 60.4 Å². The smallest absolute Gasteiger partial charge is 0.185 e. The zero-order valence-corrected chi connectivity index (χ0v) is 9.46. The van der Waals surface area contributed by atoms with E-state index >= 15 is 0 Å². The Balaban J connectivity index is 2.90. The average Bonchev–Trinajstić information content (AvgIpc) is 2.17. The van der Waals surface area contributed by atoms with E-state index in [2.05, 4.69) is 4.74 Å². The highest BCUT2D eigenvalue weighted by atomic mass is 32.2. The Morgan fingerprint density at radius 3 is 2.69 bits per heavy atom. The van der Waals surface area contributed by atoms with Gasteiger partial charge in [-0.25, -0.2) is 12.8 Å². The number of ether oxygens (including phenoxy) is 1. The molecule has 0 aromatic heterocycles. The maximum Gasteiger partial charge on any atom is 0.185 e. The van der Waals surface area contributed by atoms with E-state index in [1.165, 1.54) is 19.2 Å². The summed E-state index contributed by atoms with van der Waals surface area (Å²) in [5.74, 6) is -1.89. The second-order valence-corrected chi connectivity index (χ2v) is 5.18. The number of carbonyl (C=O) groups is 1. The van der Waals surface area contributed by atoms with Gasteiger partial charge in [0.25, 0.3) is 0 Å². The normalized spacial score (nSPS) is 11.4. The van der Waals surface area contributed by atoms with Crippen LogP contribution < -0.4 is 0 Å². The van der Waals surface area contributed by atoms with Crippen molar-refractivity contribution in [2.75, 3.05) is 19.5 Å². The van der Waals surface area contributed by atoms with Crippen molar-refractivity contribution in [1.82, 2.24) is 0 Å². The number of Topliss-reactive ketones (excluding diaryl/α,β-unsaturated/α-hetero) is 1. The molecule has 0 radical (unpaired) electrons. The fourth-order valence-electron chi connectivity index (χ4n) is 1.16. The van der Waals surface area contributed by atoms with Gasteiger partial charge in [-0.05, 0) is 18.2 Å². The Bertz CT molecular complexity index is 481. The van der Waals surface area contributed by atoms with Crippen molar-refractivity contribution in [2.24, 2.45) is 0 Å². The van der Waals surface area contributed by atoms with E-state index in [1.807, 2.05) is 0 Å². The summed E-state index contributed by atoms with van der Waals surface area (Å²) < 4.78 is 40.6. The summed E-state index contributed by atoms with van der Waals surface area (Å²) in [6.07, 6.45) is 0. The molecule has 1 aromatic carbocycles. The molecule has 16 heavy (non-hydrogen) atoms. The number of sulfone groups is 1. The standard InChI is InChI=1S/C10H11FO4S/c1-15-6-9(12)7-16(13,14)10-4-2-3-8(11)5-10/h2-5H,6-7H2,1H3. The van der Waals surface area contributed by atoms with Crippen LogP contribution in [-0.2, 0) is 19.4 Å². The second-order valence-electron chi connectivity index (χ2n) is 3.19. The van der Waals surface area contributed by atoms with E-state index in [-0.39, 0.29) is 11.5 Å². The molecule has 1 rings (SSSR count). The molecule has 0 unspecified atom stereocenters. The highest BCUT2D eigenvalue weighted by Gasteiger charge is 2.19. The molecule has 0 N–H and O–H groups in total. The van der Waals surface area contributed by atoms with Gasteiger partial charge in [0.2, 0.25) is 0 Å². The molecule has 0 fully saturated rings. The second kappa shape index (κ2) is 5.18. The summed E-state index contributed by atoms with van der Waals surface area (Å²) in [7, 11) is -2.48. The molecule has 0 aliphatic rings. The molecular weight excluding hydrogens is 235 g/mol. The summed E-state index contributed by atoms with van der Waals surface area (Å²) in [5, 5.41) is 0. The number of hydrogen-bond acceptors (Lipinski definition) is 4. The van der Waals surface area contributed by atoms with Gasteiger partial charge in [-0.1, -0.05) is 6.07 Å². The Kier molecular flexibility index (Phi) is 4.14. The van der Waals surface area contributed by atoms with Crippen molar-refractivity contribution in [3.05, 3.63) is 30.1 Å². The monoisotopic (exact) mass is 246 g/mol. The van der Waals surface area contributed by atoms with E-state index < -0.39 is 27.2 Å². The van der Waals surface area contributed by atoms with Gasteiger partial charge >= 0.3 is 0 Å². The summed E-state index contributed by atoms with van der Waals surface area (Å²) in [6.45, 7) is -0.269. The van der Waals surface area contributed by atoms with Crippen LogP contribution in [0.25, 0.3) is 0 Å². The van der Waals surface area contributed by atoms with Crippen LogP contribution in [0.15, 0.2) is 29.2 Å². The summed E-state index contributed by atoms with van der Waals surface area (Å²) >= 11 is 0. The van der Waals surface area contributed by atoms with Gasteiger partial charge in [-0.15, -0.1) is 0 Å². The molecule has 0 saturated heterocycles. The maximum atomic E-state index is 12.8. The van der Waals surface area contributed by atoms with Crippen molar-refractivity contribution >= 4 is 15.6 Å². The van der Waals surface area contributed by atoms with Crippen LogP contribution in [0.3, 0.4) is 0 Å². The van der Waals surface area contributed by atoms with E-state index in [9.17, 15) is 17.6 Å². The third kappa shape index (κ3) is 3.39. The zero-order valence-electron chi connectivity index (χ0n) is 8.64. The number of benzene rings is 1. The molecule has 0 atom stereocenters. The lowest BCUT2D eigenvalue weighted by Crippen LogP contribution is -2.20. The number of rotatable bonds is 5. The molecule has 6 heteroatoms. The molecule has 0 bridgehead atoms. The molecule has 0 amide bonds. The van der Waals surface area contributed by atoms with E-state index in [0.29, 0.717) is 0 Å². The average molecular weight is 246 g/mol. The first kappa shape index (κ1) is 12.8. The molecule has 4 nitrogen and oxygen atoms in total. The van der Waals surface area contributed by atoms with Crippen LogP contribution >= 0.6 is 0 Å². The zero-order chi connectivity index (χ0) is 12.2. The quantitative estimate of drug-likeness (QED) is 0.771. The lowest BCUT2D eigenvalue weighted by Gasteiger charge is -2.03. The van der Waals surface area contributed by atoms with Crippen molar-refractivity contribution in [1.29, 1.82) is 0 Å². The molecule has 0 aliphatic carbocycles. The van der Waals surface area contributed by atoms with Gasteiger partial charge in [-0.3, -0.25) is 4.79 Å². The number of carbonyl (C=O) groups excluding carboxylic acids is 1. The third-order valence-electron chi connectivity index (χ3n) is 1.81. The van der Waals surface area contributed by atoms with Crippen LogP contribution in [0, 0.1) is 5.82 Å². The SMILES string of the molecule is COCC(=O)CS(=O)(=O)c1cccc(F)c1. The first-order valence-electron chi connectivity index (χ1n) is 4.44. The first-order chi connectivity index (χ1) is 7.45. The first-order valence-corrected chi connectivity index (χ1v) is 6.10.